The molecule has 6 nitrogen and oxygen atoms in total. The molecule has 1 atom stereocenters. The first kappa shape index (κ1) is 24.1. The summed E-state index contributed by atoms with van der Waals surface area (Å²) >= 11 is 0. The van der Waals surface area contributed by atoms with Gasteiger partial charge in [-0.15, -0.1) is 0 Å². The Bertz CT molecular complexity index is 1070. The van der Waals surface area contributed by atoms with E-state index in [-0.39, 0.29) is 16.9 Å². The van der Waals surface area contributed by atoms with Gasteiger partial charge in [-0.1, -0.05) is 32.9 Å². The Balaban J connectivity index is 1.17. The van der Waals surface area contributed by atoms with Gasteiger partial charge in [-0.3, -0.25) is 9.69 Å². The van der Waals surface area contributed by atoms with Crippen LogP contribution in [0.4, 0.5) is 5.69 Å². The molecule has 4 heterocycles. The number of aromatic nitrogens is 1. The molecule has 6 heteroatoms. The molecular formula is C29H40N4O2. The van der Waals surface area contributed by atoms with Crippen LogP contribution in [-0.4, -0.2) is 52.5 Å². The van der Waals surface area contributed by atoms with Gasteiger partial charge in [-0.25, -0.2) is 4.98 Å². The van der Waals surface area contributed by atoms with E-state index in [4.69, 9.17) is 10.5 Å². The van der Waals surface area contributed by atoms with Crippen molar-refractivity contribution in [3.63, 3.8) is 0 Å². The number of rotatable bonds is 3. The van der Waals surface area contributed by atoms with Crippen LogP contribution in [0.1, 0.15) is 75.0 Å². The van der Waals surface area contributed by atoms with Gasteiger partial charge in [-0.2, -0.15) is 0 Å². The summed E-state index contributed by atoms with van der Waals surface area (Å²) in [5.74, 6) is 1.10. The fraction of sp³-hybridized carbons (Fsp3) is 0.586. The van der Waals surface area contributed by atoms with Crippen LogP contribution in [0.2, 0.25) is 0 Å². The van der Waals surface area contributed by atoms with Gasteiger partial charge >= 0.3 is 0 Å². The van der Waals surface area contributed by atoms with E-state index in [0.29, 0.717) is 16.8 Å². The van der Waals surface area contributed by atoms with E-state index >= 15 is 0 Å². The van der Waals surface area contributed by atoms with Crippen molar-refractivity contribution in [2.45, 2.75) is 71.9 Å². The summed E-state index contributed by atoms with van der Waals surface area (Å²) in [4.78, 5) is 21.6. The van der Waals surface area contributed by atoms with Crippen molar-refractivity contribution in [3.8, 4) is 5.75 Å². The Morgan fingerprint density at radius 2 is 1.74 bits per heavy atom. The normalized spacial score (nSPS) is 24.3. The van der Waals surface area contributed by atoms with Crippen LogP contribution >= 0.6 is 0 Å². The van der Waals surface area contributed by atoms with Crippen molar-refractivity contribution in [2.24, 2.45) is 10.8 Å². The lowest BCUT2D eigenvalue weighted by atomic mass is 9.71. The standard InChI is InChI=1S/C29H40N4O2/c1-27(2,3)28(4)18-23-21(6-5-7-25(23)35-28)20-32-14-10-29(11-15-32)12-16-33(17-13-29)26(34)24-9-8-22(30)19-31-24/h5-9,19H,10-18,20,30H2,1-4H3. The molecule has 1 spiro atoms. The number of nitrogens with two attached hydrogens (primary N) is 1. The number of benzene rings is 1. The number of pyridine rings is 1. The zero-order valence-corrected chi connectivity index (χ0v) is 21.8. The molecular weight excluding hydrogens is 436 g/mol. The smallest absolute Gasteiger partial charge is 0.272 e. The summed E-state index contributed by atoms with van der Waals surface area (Å²) in [6.07, 6.45) is 7.12. The minimum Gasteiger partial charge on any atom is -0.486 e. The molecule has 3 aliphatic rings. The largest absolute Gasteiger partial charge is 0.486 e. The van der Waals surface area contributed by atoms with Crippen molar-refractivity contribution >= 4 is 11.6 Å². The number of carbonyl (C=O) groups excluding carboxylic acids is 1. The third-order valence-corrected chi connectivity index (χ3v) is 9.09. The van der Waals surface area contributed by atoms with Gasteiger partial charge in [0.05, 0.1) is 11.9 Å². The average Bonchev–Trinajstić information content (AvgIpc) is 3.20. The molecule has 0 saturated carbocycles. The first-order valence-electron chi connectivity index (χ1n) is 13.1. The Morgan fingerprint density at radius 1 is 1.06 bits per heavy atom. The average molecular weight is 477 g/mol. The second kappa shape index (κ2) is 8.81. The molecule has 2 aromatic rings. The summed E-state index contributed by atoms with van der Waals surface area (Å²) in [5, 5.41) is 0. The highest BCUT2D eigenvalue weighted by molar-refractivity contribution is 5.92. The number of fused-ring (bicyclic) bond motifs is 1. The Labute approximate surface area is 209 Å². The minimum absolute atomic E-state index is 0.0275. The monoisotopic (exact) mass is 476 g/mol. The van der Waals surface area contributed by atoms with E-state index in [0.717, 1.165) is 57.7 Å². The summed E-state index contributed by atoms with van der Waals surface area (Å²) in [7, 11) is 0. The number of hydrogen-bond donors (Lipinski definition) is 1. The predicted octanol–water partition coefficient (Wildman–Crippen LogP) is 4.92. The molecule has 5 rings (SSSR count). The van der Waals surface area contributed by atoms with Gasteiger partial charge in [0.15, 0.2) is 0 Å². The highest BCUT2D eigenvalue weighted by Gasteiger charge is 2.45. The van der Waals surface area contributed by atoms with Crippen molar-refractivity contribution in [1.29, 1.82) is 0 Å². The molecule has 2 saturated heterocycles. The lowest BCUT2D eigenvalue weighted by Crippen LogP contribution is -2.48. The highest BCUT2D eigenvalue weighted by atomic mass is 16.5. The lowest BCUT2D eigenvalue weighted by molar-refractivity contribution is 0.00349. The topological polar surface area (TPSA) is 71.7 Å². The van der Waals surface area contributed by atoms with Crippen LogP contribution in [0.5, 0.6) is 5.75 Å². The molecule has 2 N–H and O–H groups in total. The number of nitrogens with zero attached hydrogens (tertiary/aromatic N) is 3. The fourth-order valence-electron chi connectivity index (χ4n) is 5.89. The molecule has 1 aromatic heterocycles. The zero-order chi connectivity index (χ0) is 24.8. The number of hydrogen-bond acceptors (Lipinski definition) is 5. The fourth-order valence-corrected chi connectivity index (χ4v) is 5.89. The summed E-state index contributed by atoms with van der Waals surface area (Å²) in [6, 6.07) is 10.1. The van der Waals surface area contributed by atoms with E-state index in [1.807, 2.05) is 4.90 Å². The van der Waals surface area contributed by atoms with Crippen molar-refractivity contribution in [2.75, 3.05) is 31.9 Å². The number of amides is 1. The van der Waals surface area contributed by atoms with Crippen molar-refractivity contribution in [3.05, 3.63) is 53.3 Å². The van der Waals surface area contributed by atoms with Crippen LogP contribution in [-0.2, 0) is 13.0 Å². The maximum atomic E-state index is 12.8. The van der Waals surface area contributed by atoms with E-state index < -0.39 is 0 Å². The molecule has 1 aromatic carbocycles. The molecule has 35 heavy (non-hydrogen) atoms. The number of piperidine rings is 2. The SMILES string of the molecule is CC(C)(C)C1(C)Cc2c(CN3CCC4(CC3)CCN(C(=O)c3ccc(N)cn3)CC4)cccc2O1. The second-order valence-electron chi connectivity index (χ2n) is 12.2. The molecule has 1 amide bonds. The van der Waals surface area contributed by atoms with Crippen LogP contribution in [0.15, 0.2) is 36.5 Å². The van der Waals surface area contributed by atoms with Gasteiger partial charge in [0.25, 0.3) is 5.91 Å². The Hall–Kier alpha value is -2.60. The Kier molecular flexibility index (Phi) is 6.07. The van der Waals surface area contributed by atoms with E-state index in [1.165, 1.54) is 24.0 Å². The number of nitrogen functional groups attached to an aromatic ring is 1. The third-order valence-electron chi connectivity index (χ3n) is 9.09. The minimum atomic E-state index is -0.162. The lowest BCUT2D eigenvalue weighted by Gasteiger charge is -2.47. The van der Waals surface area contributed by atoms with Crippen LogP contribution in [0, 0.1) is 10.8 Å². The highest BCUT2D eigenvalue weighted by Crippen LogP contribution is 2.46. The third kappa shape index (κ3) is 4.65. The summed E-state index contributed by atoms with van der Waals surface area (Å²) in [5.41, 5.74) is 9.90. The van der Waals surface area contributed by atoms with Crippen LogP contribution in [0.3, 0.4) is 0 Å². The predicted molar refractivity (Wildman–Crippen MR) is 139 cm³/mol. The van der Waals surface area contributed by atoms with Gasteiger partial charge in [0.2, 0.25) is 0 Å². The van der Waals surface area contributed by atoms with Crippen LogP contribution in [0.25, 0.3) is 0 Å². The number of anilines is 1. The summed E-state index contributed by atoms with van der Waals surface area (Å²) < 4.78 is 6.48. The molecule has 0 bridgehead atoms. The van der Waals surface area contributed by atoms with Crippen LogP contribution < -0.4 is 10.5 Å². The molecule has 3 aliphatic heterocycles. The second-order valence-corrected chi connectivity index (χ2v) is 12.2. The van der Waals surface area contributed by atoms with E-state index in [2.05, 4.69) is 55.8 Å². The number of carbonyl (C=O) groups is 1. The van der Waals surface area contributed by atoms with E-state index in [1.54, 1.807) is 18.3 Å². The van der Waals surface area contributed by atoms with E-state index in [9.17, 15) is 4.79 Å². The van der Waals surface area contributed by atoms with Gasteiger partial charge in [-0.05, 0) is 74.9 Å². The molecule has 0 radical (unpaired) electrons. The van der Waals surface area contributed by atoms with Gasteiger partial charge in [0.1, 0.15) is 17.0 Å². The Morgan fingerprint density at radius 3 is 2.37 bits per heavy atom. The van der Waals surface area contributed by atoms with Gasteiger partial charge in [0, 0.05) is 37.0 Å². The molecule has 2 fully saturated rings. The molecule has 188 valence electrons. The van der Waals surface area contributed by atoms with Gasteiger partial charge < -0.3 is 15.4 Å². The summed E-state index contributed by atoms with van der Waals surface area (Å²) in [6.45, 7) is 13.9. The maximum Gasteiger partial charge on any atom is 0.272 e. The van der Waals surface area contributed by atoms with Crippen molar-refractivity contribution in [1.82, 2.24) is 14.8 Å². The molecule has 0 aliphatic carbocycles. The maximum absolute atomic E-state index is 12.8. The zero-order valence-electron chi connectivity index (χ0n) is 21.8. The van der Waals surface area contributed by atoms with Crippen molar-refractivity contribution < 1.29 is 9.53 Å². The quantitative estimate of drug-likeness (QED) is 0.681. The number of likely N-dealkylation sites (tertiary alicyclic amines) is 2. The molecule has 1 unspecified atom stereocenters. The first-order chi connectivity index (χ1) is 16.6. The number of ether oxygens (including phenoxy) is 1. The first-order valence-corrected chi connectivity index (χ1v) is 13.1.